The van der Waals surface area contributed by atoms with Gasteiger partial charge in [0.15, 0.2) is 0 Å². The quantitative estimate of drug-likeness (QED) is 0.701. The van der Waals surface area contributed by atoms with Gasteiger partial charge in [0.05, 0.1) is 12.2 Å². The molecular formula is C11H14N2O2. The van der Waals surface area contributed by atoms with Gasteiger partial charge in [0.2, 0.25) is 5.76 Å². The van der Waals surface area contributed by atoms with Crippen molar-refractivity contribution in [1.29, 1.82) is 0 Å². The molecule has 0 unspecified atom stereocenters. The number of carbonyl (C=O) groups is 1. The minimum absolute atomic E-state index is 0.199. The van der Waals surface area contributed by atoms with Crippen LogP contribution in [0.5, 0.6) is 0 Å². The first-order valence-electron chi connectivity index (χ1n) is 4.85. The predicted octanol–water partition coefficient (Wildman–Crippen LogP) is 1.47. The molecule has 0 radical (unpaired) electrons. The summed E-state index contributed by atoms with van der Waals surface area (Å²) in [4.78, 5) is 13.4. The molecule has 0 saturated heterocycles. The Morgan fingerprint density at radius 3 is 2.93 bits per heavy atom. The summed E-state index contributed by atoms with van der Waals surface area (Å²) in [6.45, 7) is 4.68. The lowest BCUT2D eigenvalue weighted by atomic mass is 10.3. The van der Waals surface area contributed by atoms with Crippen molar-refractivity contribution in [2.24, 2.45) is 0 Å². The van der Waals surface area contributed by atoms with Gasteiger partial charge in [0, 0.05) is 12.6 Å². The monoisotopic (exact) mass is 206 g/mol. The molecule has 80 valence electrons. The average molecular weight is 206 g/mol. The number of nitrogens with zero attached hydrogens (tertiary/aromatic N) is 2. The van der Waals surface area contributed by atoms with Crippen LogP contribution in [0.2, 0.25) is 0 Å². The third-order valence-electron chi connectivity index (χ3n) is 1.90. The summed E-state index contributed by atoms with van der Waals surface area (Å²) in [5, 5.41) is 3.67. The van der Waals surface area contributed by atoms with Gasteiger partial charge in [-0.05, 0) is 13.3 Å². The van der Waals surface area contributed by atoms with E-state index >= 15 is 0 Å². The topological polar surface area (TPSA) is 46.3 Å². The minimum atomic E-state index is -0.199. The van der Waals surface area contributed by atoms with Crippen LogP contribution in [0.3, 0.4) is 0 Å². The molecule has 0 fully saturated rings. The standard InChI is InChI=1S/C11H14N2O2/c1-4-6-13(7-5-2)11(14)10-8-9(3)12-15-10/h1,8H,5-7H2,2-3H3. The summed E-state index contributed by atoms with van der Waals surface area (Å²) in [7, 11) is 0. The lowest BCUT2D eigenvalue weighted by Crippen LogP contribution is -2.31. The molecule has 4 nitrogen and oxygen atoms in total. The molecule has 0 spiro atoms. The van der Waals surface area contributed by atoms with E-state index in [1.807, 2.05) is 6.92 Å². The number of rotatable bonds is 4. The Morgan fingerprint density at radius 2 is 2.47 bits per heavy atom. The van der Waals surface area contributed by atoms with E-state index < -0.39 is 0 Å². The smallest absolute Gasteiger partial charge is 0.293 e. The van der Waals surface area contributed by atoms with E-state index in [-0.39, 0.29) is 11.7 Å². The predicted molar refractivity (Wildman–Crippen MR) is 56.3 cm³/mol. The highest BCUT2D eigenvalue weighted by Gasteiger charge is 2.18. The van der Waals surface area contributed by atoms with Crippen molar-refractivity contribution < 1.29 is 9.32 Å². The second-order valence-electron chi connectivity index (χ2n) is 3.26. The van der Waals surface area contributed by atoms with Crippen molar-refractivity contribution >= 4 is 5.91 Å². The largest absolute Gasteiger partial charge is 0.351 e. The first kappa shape index (κ1) is 11.3. The zero-order valence-corrected chi connectivity index (χ0v) is 8.99. The lowest BCUT2D eigenvalue weighted by molar-refractivity contribution is 0.0735. The van der Waals surface area contributed by atoms with Crippen LogP contribution in [-0.2, 0) is 0 Å². The Labute approximate surface area is 89.2 Å². The van der Waals surface area contributed by atoms with E-state index in [9.17, 15) is 4.79 Å². The zero-order valence-electron chi connectivity index (χ0n) is 8.99. The Kier molecular flexibility index (Phi) is 3.92. The average Bonchev–Trinajstić information content (AvgIpc) is 2.63. The highest BCUT2D eigenvalue weighted by Crippen LogP contribution is 2.07. The Hall–Kier alpha value is -1.76. The van der Waals surface area contributed by atoms with Gasteiger partial charge in [0.25, 0.3) is 5.91 Å². The maximum Gasteiger partial charge on any atom is 0.293 e. The molecule has 1 aromatic heterocycles. The van der Waals surface area contributed by atoms with Crippen molar-refractivity contribution in [1.82, 2.24) is 10.1 Å². The number of terminal acetylenes is 1. The van der Waals surface area contributed by atoms with Crippen LogP contribution in [0.1, 0.15) is 29.6 Å². The molecule has 0 atom stereocenters. The summed E-state index contributed by atoms with van der Waals surface area (Å²) in [5.74, 6) is 2.50. The molecule has 0 N–H and O–H groups in total. The van der Waals surface area contributed by atoms with Crippen molar-refractivity contribution in [2.75, 3.05) is 13.1 Å². The summed E-state index contributed by atoms with van der Waals surface area (Å²) in [6.07, 6.45) is 6.05. The van der Waals surface area contributed by atoms with Gasteiger partial charge in [-0.2, -0.15) is 0 Å². The normalized spacial score (nSPS) is 9.67. The van der Waals surface area contributed by atoms with Gasteiger partial charge < -0.3 is 9.42 Å². The van der Waals surface area contributed by atoms with E-state index in [1.54, 1.807) is 17.9 Å². The SMILES string of the molecule is C#CCN(CCC)C(=O)c1cc(C)no1. The van der Waals surface area contributed by atoms with Gasteiger partial charge in [-0.25, -0.2) is 0 Å². The van der Waals surface area contributed by atoms with Crippen LogP contribution in [-0.4, -0.2) is 29.1 Å². The van der Waals surface area contributed by atoms with Crippen LogP contribution in [0.25, 0.3) is 0 Å². The second-order valence-corrected chi connectivity index (χ2v) is 3.26. The molecule has 1 aromatic rings. The zero-order chi connectivity index (χ0) is 11.3. The van der Waals surface area contributed by atoms with Gasteiger partial charge in [-0.15, -0.1) is 6.42 Å². The molecule has 0 saturated carbocycles. The molecule has 1 amide bonds. The Morgan fingerprint density at radius 1 is 1.73 bits per heavy atom. The van der Waals surface area contributed by atoms with E-state index in [2.05, 4.69) is 11.1 Å². The van der Waals surface area contributed by atoms with Crippen LogP contribution in [0, 0.1) is 19.3 Å². The van der Waals surface area contributed by atoms with Gasteiger partial charge >= 0.3 is 0 Å². The van der Waals surface area contributed by atoms with Gasteiger partial charge in [-0.3, -0.25) is 4.79 Å². The number of hydrogen-bond donors (Lipinski definition) is 0. The van der Waals surface area contributed by atoms with Crippen LogP contribution < -0.4 is 0 Å². The summed E-state index contributed by atoms with van der Waals surface area (Å²) in [5.41, 5.74) is 0.690. The highest BCUT2D eigenvalue weighted by atomic mass is 16.5. The first-order chi connectivity index (χ1) is 7.19. The minimum Gasteiger partial charge on any atom is -0.351 e. The molecule has 0 aromatic carbocycles. The first-order valence-corrected chi connectivity index (χ1v) is 4.85. The van der Waals surface area contributed by atoms with Crippen LogP contribution >= 0.6 is 0 Å². The van der Waals surface area contributed by atoms with Crippen molar-refractivity contribution in [3.8, 4) is 12.3 Å². The molecule has 4 heteroatoms. The Bertz CT molecular complexity index is 376. The molecule has 0 aliphatic carbocycles. The van der Waals surface area contributed by atoms with E-state index in [4.69, 9.17) is 10.9 Å². The number of hydrogen-bond acceptors (Lipinski definition) is 3. The summed E-state index contributed by atoms with van der Waals surface area (Å²) in [6, 6.07) is 1.61. The summed E-state index contributed by atoms with van der Waals surface area (Å²) < 4.78 is 4.89. The van der Waals surface area contributed by atoms with E-state index in [1.165, 1.54) is 0 Å². The highest BCUT2D eigenvalue weighted by molar-refractivity contribution is 5.91. The third kappa shape index (κ3) is 2.84. The van der Waals surface area contributed by atoms with E-state index in [0.29, 0.717) is 18.8 Å². The molecule has 1 rings (SSSR count). The molecule has 1 heterocycles. The van der Waals surface area contributed by atoms with Crippen molar-refractivity contribution in [3.05, 3.63) is 17.5 Å². The summed E-state index contributed by atoms with van der Waals surface area (Å²) >= 11 is 0. The van der Waals surface area contributed by atoms with Crippen LogP contribution in [0.4, 0.5) is 0 Å². The Balaban J connectivity index is 2.76. The number of aromatic nitrogens is 1. The van der Waals surface area contributed by atoms with Gasteiger partial charge in [0.1, 0.15) is 0 Å². The molecule has 15 heavy (non-hydrogen) atoms. The van der Waals surface area contributed by atoms with E-state index in [0.717, 1.165) is 6.42 Å². The fraction of sp³-hybridized carbons (Fsp3) is 0.455. The maximum atomic E-state index is 11.8. The fourth-order valence-corrected chi connectivity index (χ4v) is 1.25. The van der Waals surface area contributed by atoms with Gasteiger partial charge in [-0.1, -0.05) is 18.0 Å². The fourth-order valence-electron chi connectivity index (χ4n) is 1.25. The van der Waals surface area contributed by atoms with Crippen LogP contribution in [0.15, 0.2) is 10.6 Å². The maximum absolute atomic E-state index is 11.8. The van der Waals surface area contributed by atoms with Crippen molar-refractivity contribution in [3.63, 3.8) is 0 Å². The second kappa shape index (κ2) is 5.20. The lowest BCUT2D eigenvalue weighted by Gasteiger charge is -2.17. The molecule has 0 aliphatic rings. The number of amides is 1. The molecular weight excluding hydrogens is 192 g/mol. The third-order valence-corrected chi connectivity index (χ3v) is 1.90. The number of carbonyl (C=O) groups excluding carboxylic acids is 1. The molecule has 0 aliphatic heterocycles. The molecule has 0 bridgehead atoms. The van der Waals surface area contributed by atoms with Crippen molar-refractivity contribution in [2.45, 2.75) is 20.3 Å². The number of aryl methyl sites for hydroxylation is 1.